The summed E-state index contributed by atoms with van der Waals surface area (Å²) in [5.74, 6) is 0.0366. The van der Waals surface area contributed by atoms with E-state index in [1.807, 2.05) is 36.4 Å². The van der Waals surface area contributed by atoms with Crippen molar-refractivity contribution < 1.29 is 13.2 Å². The Hall–Kier alpha value is -2.62. The minimum atomic E-state index is -3.56. The molecule has 0 spiro atoms. The van der Waals surface area contributed by atoms with E-state index in [0.717, 1.165) is 22.9 Å². The van der Waals surface area contributed by atoms with E-state index in [4.69, 9.17) is 0 Å². The predicted molar refractivity (Wildman–Crippen MR) is 122 cm³/mol. The summed E-state index contributed by atoms with van der Waals surface area (Å²) in [6, 6.07) is 14.9. The Morgan fingerprint density at radius 3 is 2.42 bits per heavy atom. The Bertz CT molecular complexity index is 1200. The molecule has 0 unspecified atom stereocenters. The fourth-order valence-corrected chi connectivity index (χ4v) is 5.42. The van der Waals surface area contributed by atoms with Gasteiger partial charge in [0.15, 0.2) is 0 Å². The van der Waals surface area contributed by atoms with Crippen molar-refractivity contribution in [3.63, 3.8) is 0 Å². The maximum atomic E-state index is 13.0. The number of aromatic nitrogens is 2. The second kappa shape index (κ2) is 8.49. The first-order chi connectivity index (χ1) is 14.7. The van der Waals surface area contributed by atoms with Crippen molar-refractivity contribution in [1.29, 1.82) is 0 Å². The number of hydrogen-bond acceptors (Lipinski definition) is 6. The fourth-order valence-electron chi connectivity index (χ4n) is 3.66. The zero-order chi connectivity index (χ0) is 22.2. The monoisotopic (exact) mass is 456 g/mol. The van der Waals surface area contributed by atoms with E-state index < -0.39 is 22.0 Å². The topological polar surface area (TPSA) is 92.3 Å². The molecule has 1 aliphatic rings. The van der Waals surface area contributed by atoms with Crippen LogP contribution in [0.25, 0.3) is 10.6 Å². The zero-order valence-corrected chi connectivity index (χ0v) is 19.2. The number of rotatable bonds is 5. The number of anilines is 1. The van der Waals surface area contributed by atoms with E-state index in [2.05, 4.69) is 41.5 Å². The highest BCUT2D eigenvalue weighted by Crippen LogP contribution is 2.30. The summed E-state index contributed by atoms with van der Waals surface area (Å²) in [4.78, 5) is 13.0. The number of nitrogens with one attached hydrogen (secondary N) is 1. The van der Waals surface area contributed by atoms with Gasteiger partial charge in [-0.2, -0.15) is 4.31 Å². The van der Waals surface area contributed by atoms with Gasteiger partial charge in [-0.3, -0.25) is 10.1 Å². The van der Waals surface area contributed by atoms with Crippen LogP contribution < -0.4 is 5.32 Å². The highest BCUT2D eigenvalue weighted by Gasteiger charge is 2.37. The first-order valence-electron chi connectivity index (χ1n) is 10.0. The third-order valence-electron chi connectivity index (χ3n) is 5.41. The molecule has 4 rings (SSSR count). The molecule has 1 atom stereocenters. The first kappa shape index (κ1) is 21.6. The van der Waals surface area contributed by atoms with Crippen molar-refractivity contribution in [2.24, 2.45) is 0 Å². The lowest BCUT2D eigenvalue weighted by Crippen LogP contribution is -2.50. The number of sulfonamides is 1. The van der Waals surface area contributed by atoms with Gasteiger partial charge < -0.3 is 0 Å². The molecule has 3 aromatic rings. The van der Waals surface area contributed by atoms with Crippen LogP contribution in [0.15, 0.2) is 48.5 Å². The Labute approximate surface area is 186 Å². The molecule has 9 heteroatoms. The van der Waals surface area contributed by atoms with Crippen LogP contribution in [0.2, 0.25) is 0 Å². The summed E-state index contributed by atoms with van der Waals surface area (Å²) in [6.45, 7) is 4.45. The molecule has 1 aromatic heterocycles. The van der Waals surface area contributed by atoms with Gasteiger partial charge in [0.05, 0.1) is 6.26 Å². The van der Waals surface area contributed by atoms with Crippen molar-refractivity contribution >= 4 is 32.4 Å². The highest BCUT2D eigenvalue weighted by atomic mass is 32.2. The molecule has 0 bridgehead atoms. The molecule has 2 aromatic carbocycles. The van der Waals surface area contributed by atoms with Crippen molar-refractivity contribution in [2.75, 3.05) is 11.6 Å². The molecule has 0 fully saturated rings. The number of fused-ring (bicyclic) bond motifs is 1. The van der Waals surface area contributed by atoms with Crippen LogP contribution in [0.3, 0.4) is 0 Å². The van der Waals surface area contributed by atoms with Gasteiger partial charge in [0.25, 0.3) is 0 Å². The highest BCUT2D eigenvalue weighted by molar-refractivity contribution is 7.88. The summed E-state index contributed by atoms with van der Waals surface area (Å²) in [5.41, 5.74) is 4.05. The van der Waals surface area contributed by atoms with Crippen LogP contribution in [-0.2, 0) is 27.8 Å². The first-order valence-corrected chi connectivity index (χ1v) is 12.7. The Morgan fingerprint density at radius 1 is 1.10 bits per heavy atom. The van der Waals surface area contributed by atoms with E-state index in [1.165, 1.54) is 21.2 Å². The van der Waals surface area contributed by atoms with Gasteiger partial charge in [-0.05, 0) is 29.0 Å². The summed E-state index contributed by atoms with van der Waals surface area (Å²) in [6.07, 6.45) is 1.45. The lowest BCUT2D eigenvalue weighted by Gasteiger charge is -2.33. The molecular formula is C22H24N4O3S2. The van der Waals surface area contributed by atoms with E-state index in [-0.39, 0.29) is 6.54 Å². The number of carbonyl (C=O) groups excluding carboxylic acids is 1. The van der Waals surface area contributed by atoms with Crippen LogP contribution in [0.5, 0.6) is 0 Å². The minimum absolute atomic E-state index is 0.177. The molecule has 0 saturated carbocycles. The average molecular weight is 457 g/mol. The third-order valence-corrected chi connectivity index (χ3v) is 7.54. The average Bonchev–Trinajstić information content (AvgIpc) is 3.20. The lowest BCUT2D eigenvalue weighted by molar-refractivity contribution is -0.120. The zero-order valence-electron chi connectivity index (χ0n) is 17.6. The van der Waals surface area contributed by atoms with Gasteiger partial charge in [0.1, 0.15) is 11.0 Å². The number of hydrogen-bond donors (Lipinski definition) is 1. The SMILES string of the molecule is CC(C)c1ccc(-c2nnc(NC(=O)[C@@H]3Cc4ccccc4CN3S(C)(=O)=O)s2)cc1. The summed E-state index contributed by atoms with van der Waals surface area (Å²) < 4.78 is 25.9. The second-order valence-corrected chi connectivity index (χ2v) is 10.9. The molecule has 7 nitrogen and oxygen atoms in total. The van der Waals surface area contributed by atoms with Crippen LogP contribution in [0.1, 0.15) is 36.5 Å². The summed E-state index contributed by atoms with van der Waals surface area (Å²) >= 11 is 1.26. The molecular weight excluding hydrogens is 432 g/mol. The summed E-state index contributed by atoms with van der Waals surface area (Å²) in [7, 11) is -3.56. The van der Waals surface area contributed by atoms with Crippen LogP contribution >= 0.6 is 11.3 Å². The standard InChI is InChI=1S/C22H24N4O3S2/c1-14(2)15-8-10-16(11-9-15)21-24-25-22(30-21)23-20(27)19-12-17-6-4-5-7-18(17)13-26(19)31(3,28)29/h4-11,14,19H,12-13H2,1-3H3,(H,23,25,27)/t19-/m0/s1. The van der Waals surface area contributed by atoms with Crippen molar-refractivity contribution in [1.82, 2.24) is 14.5 Å². The number of amides is 1. The molecule has 162 valence electrons. The van der Waals surface area contributed by atoms with Gasteiger partial charge in [0.2, 0.25) is 21.1 Å². The van der Waals surface area contributed by atoms with Crippen LogP contribution in [0.4, 0.5) is 5.13 Å². The normalized spacial score (nSPS) is 16.8. The van der Waals surface area contributed by atoms with Crippen molar-refractivity contribution in [2.45, 2.75) is 38.8 Å². The molecule has 1 N–H and O–H groups in total. The Morgan fingerprint density at radius 2 is 1.77 bits per heavy atom. The number of benzene rings is 2. The van der Waals surface area contributed by atoms with Gasteiger partial charge in [0, 0.05) is 12.1 Å². The largest absolute Gasteiger partial charge is 0.299 e. The molecule has 0 radical (unpaired) electrons. The minimum Gasteiger partial charge on any atom is -0.299 e. The van der Waals surface area contributed by atoms with Gasteiger partial charge in [-0.15, -0.1) is 10.2 Å². The predicted octanol–water partition coefficient (Wildman–Crippen LogP) is 3.65. The lowest BCUT2D eigenvalue weighted by atomic mass is 9.95. The number of carbonyl (C=O) groups is 1. The van der Waals surface area contributed by atoms with Crippen LogP contribution in [-0.4, -0.2) is 41.1 Å². The maximum absolute atomic E-state index is 13.0. The van der Waals surface area contributed by atoms with E-state index in [1.54, 1.807) is 0 Å². The summed E-state index contributed by atoms with van der Waals surface area (Å²) in [5, 5.41) is 12.1. The quantitative estimate of drug-likeness (QED) is 0.633. The molecule has 0 aliphatic carbocycles. The fraction of sp³-hybridized carbons (Fsp3) is 0.318. The third kappa shape index (κ3) is 4.68. The van der Waals surface area contributed by atoms with Crippen molar-refractivity contribution in [3.8, 4) is 10.6 Å². The maximum Gasteiger partial charge on any atom is 0.245 e. The molecule has 0 saturated heterocycles. The smallest absolute Gasteiger partial charge is 0.245 e. The molecule has 2 heterocycles. The second-order valence-electron chi connectivity index (χ2n) is 7.98. The van der Waals surface area contributed by atoms with Crippen LogP contribution in [0, 0.1) is 0 Å². The Kier molecular flexibility index (Phi) is 5.92. The van der Waals surface area contributed by atoms with Gasteiger partial charge >= 0.3 is 0 Å². The molecule has 1 amide bonds. The van der Waals surface area contributed by atoms with E-state index in [0.29, 0.717) is 22.5 Å². The van der Waals surface area contributed by atoms with E-state index >= 15 is 0 Å². The van der Waals surface area contributed by atoms with E-state index in [9.17, 15) is 13.2 Å². The Balaban J connectivity index is 1.53. The number of nitrogens with zero attached hydrogens (tertiary/aromatic N) is 3. The van der Waals surface area contributed by atoms with Gasteiger partial charge in [-0.1, -0.05) is 73.7 Å². The van der Waals surface area contributed by atoms with Gasteiger partial charge in [-0.25, -0.2) is 8.42 Å². The molecule has 31 heavy (non-hydrogen) atoms. The molecule has 1 aliphatic heterocycles. The van der Waals surface area contributed by atoms with Crippen molar-refractivity contribution in [3.05, 3.63) is 65.2 Å².